The minimum Gasteiger partial charge on any atom is -0.393 e. The standard InChI is InChI=1S/C20H22N4O2/c1-13-17(24-9-5-3-7-18(24)22-13)12-19(26)23-20(14-10-15(25)11-14)16-6-2-4-8-21-16/h2-9,14-15,20,25H,10-12H2,1H3,(H,23,26). The summed E-state index contributed by atoms with van der Waals surface area (Å²) in [6.07, 6.45) is 5.03. The lowest BCUT2D eigenvalue weighted by atomic mass is 9.76. The summed E-state index contributed by atoms with van der Waals surface area (Å²) in [5.41, 5.74) is 3.44. The summed E-state index contributed by atoms with van der Waals surface area (Å²) in [6, 6.07) is 11.3. The Morgan fingerprint density at radius 2 is 2.12 bits per heavy atom. The monoisotopic (exact) mass is 350 g/mol. The number of nitrogens with one attached hydrogen (secondary N) is 1. The van der Waals surface area contributed by atoms with Gasteiger partial charge in [-0.05, 0) is 49.9 Å². The molecule has 3 heterocycles. The number of hydrogen-bond acceptors (Lipinski definition) is 4. The first-order valence-corrected chi connectivity index (χ1v) is 8.92. The Labute approximate surface area is 151 Å². The molecule has 3 aromatic rings. The molecule has 2 N–H and O–H groups in total. The molecule has 1 atom stereocenters. The number of fused-ring (bicyclic) bond motifs is 1. The summed E-state index contributed by atoms with van der Waals surface area (Å²) in [7, 11) is 0. The van der Waals surface area contributed by atoms with Crippen molar-refractivity contribution >= 4 is 11.6 Å². The van der Waals surface area contributed by atoms with Crippen molar-refractivity contribution in [3.8, 4) is 0 Å². The third-order valence-corrected chi connectivity index (χ3v) is 5.10. The molecule has 3 aromatic heterocycles. The molecule has 1 unspecified atom stereocenters. The second-order valence-electron chi connectivity index (χ2n) is 6.93. The lowest BCUT2D eigenvalue weighted by molar-refractivity contribution is -0.122. The number of carbonyl (C=O) groups is 1. The Kier molecular flexibility index (Phi) is 4.42. The molecule has 0 spiro atoms. The maximum absolute atomic E-state index is 12.8. The summed E-state index contributed by atoms with van der Waals surface area (Å²) >= 11 is 0. The number of rotatable bonds is 5. The highest BCUT2D eigenvalue weighted by Crippen LogP contribution is 2.37. The second-order valence-corrected chi connectivity index (χ2v) is 6.93. The maximum Gasteiger partial charge on any atom is 0.226 e. The fourth-order valence-corrected chi connectivity index (χ4v) is 3.65. The van der Waals surface area contributed by atoms with Gasteiger partial charge in [0.05, 0.1) is 35.6 Å². The molecule has 1 fully saturated rings. The van der Waals surface area contributed by atoms with Gasteiger partial charge < -0.3 is 14.8 Å². The van der Waals surface area contributed by atoms with Crippen LogP contribution in [0.1, 0.15) is 36.0 Å². The van der Waals surface area contributed by atoms with Gasteiger partial charge in [-0.3, -0.25) is 9.78 Å². The van der Waals surface area contributed by atoms with Crippen molar-refractivity contribution in [2.75, 3.05) is 0 Å². The van der Waals surface area contributed by atoms with Crippen molar-refractivity contribution in [1.29, 1.82) is 0 Å². The number of aliphatic hydroxyl groups is 1. The van der Waals surface area contributed by atoms with E-state index in [4.69, 9.17) is 0 Å². The van der Waals surface area contributed by atoms with Gasteiger partial charge in [-0.25, -0.2) is 4.98 Å². The predicted octanol–water partition coefficient (Wildman–Crippen LogP) is 2.21. The van der Waals surface area contributed by atoms with Crippen LogP contribution >= 0.6 is 0 Å². The number of aryl methyl sites for hydroxylation is 1. The zero-order valence-electron chi connectivity index (χ0n) is 14.7. The van der Waals surface area contributed by atoms with Gasteiger partial charge in [0.25, 0.3) is 0 Å². The average Bonchev–Trinajstić information content (AvgIpc) is 2.94. The highest BCUT2D eigenvalue weighted by Gasteiger charge is 2.36. The molecule has 4 rings (SSSR count). The number of pyridine rings is 2. The van der Waals surface area contributed by atoms with Crippen molar-refractivity contribution in [2.24, 2.45) is 5.92 Å². The molecule has 6 nitrogen and oxygen atoms in total. The lowest BCUT2D eigenvalue weighted by Gasteiger charge is -2.37. The van der Waals surface area contributed by atoms with E-state index < -0.39 is 0 Å². The molecular formula is C20H22N4O2. The third kappa shape index (κ3) is 3.20. The molecule has 1 aliphatic carbocycles. The fourth-order valence-electron chi connectivity index (χ4n) is 3.65. The zero-order valence-corrected chi connectivity index (χ0v) is 14.7. The predicted molar refractivity (Wildman–Crippen MR) is 97.5 cm³/mol. The Morgan fingerprint density at radius 1 is 1.31 bits per heavy atom. The van der Waals surface area contributed by atoms with Gasteiger partial charge in [-0.1, -0.05) is 12.1 Å². The van der Waals surface area contributed by atoms with Gasteiger partial charge in [0.2, 0.25) is 5.91 Å². The molecule has 1 aliphatic rings. The first-order valence-electron chi connectivity index (χ1n) is 8.92. The number of carbonyl (C=O) groups excluding carboxylic acids is 1. The molecule has 0 radical (unpaired) electrons. The Morgan fingerprint density at radius 3 is 2.85 bits per heavy atom. The smallest absolute Gasteiger partial charge is 0.226 e. The first-order chi connectivity index (χ1) is 12.6. The zero-order chi connectivity index (χ0) is 18.1. The van der Waals surface area contributed by atoms with Gasteiger partial charge in [0, 0.05) is 12.4 Å². The quantitative estimate of drug-likeness (QED) is 0.739. The van der Waals surface area contributed by atoms with Crippen LogP contribution in [0, 0.1) is 12.8 Å². The summed E-state index contributed by atoms with van der Waals surface area (Å²) < 4.78 is 1.96. The molecule has 1 amide bonds. The van der Waals surface area contributed by atoms with Gasteiger partial charge in [0.1, 0.15) is 5.65 Å². The average molecular weight is 350 g/mol. The van der Waals surface area contributed by atoms with E-state index in [2.05, 4.69) is 15.3 Å². The Bertz CT molecular complexity index is 916. The van der Waals surface area contributed by atoms with Crippen LogP contribution in [0.25, 0.3) is 5.65 Å². The van der Waals surface area contributed by atoms with E-state index in [1.54, 1.807) is 6.20 Å². The van der Waals surface area contributed by atoms with E-state index in [0.717, 1.165) is 22.7 Å². The second kappa shape index (κ2) is 6.88. The highest BCUT2D eigenvalue weighted by atomic mass is 16.3. The number of amides is 1. The Balaban J connectivity index is 1.54. The normalized spacial score (nSPS) is 20.5. The summed E-state index contributed by atoms with van der Waals surface area (Å²) in [6.45, 7) is 1.92. The van der Waals surface area contributed by atoms with Crippen LogP contribution in [0.15, 0.2) is 48.8 Å². The van der Waals surface area contributed by atoms with Crippen LogP contribution in [0.3, 0.4) is 0 Å². The maximum atomic E-state index is 12.8. The molecule has 0 aliphatic heterocycles. The van der Waals surface area contributed by atoms with Gasteiger partial charge in [-0.15, -0.1) is 0 Å². The van der Waals surface area contributed by atoms with Crippen LogP contribution in [0.2, 0.25) is 0 Å². The van der Waals surface area contributed by atoms with Crippen molar-refractivity contribution in [2.45, 2.75) is 38.3 Å². The van der Waals surface area contributed by atoms with Gasteiger partial charge >= 0.3 is 0 Å². The molecule has 26 heavy (non-hydrogen) atoms. The summed E-state index contributed by atoms with van der Waals surface area (Å²) in [5, 5.41) is 12.8. The van der Waals surface area contributed by atoms with E-state index >= 15 is 0 Å². The number of hydrogen-bond donors (Lipinski definition) is 2. The van der Waals surface area contributed by atoms with E-state index in [9.17, 15) is 9.90 Å². The number of aliphatic hydroxyl groups excluding tert-OH is 1. The molecule has 134 valence electrons. The van der Waals surface area contributed by atoms with E-state index in [0.29, 0.717) is 12.8 Å². The van der Waals surface area contributed by atoms with Crippen LogP contribution in [-0.2, 0) is 11.2 Å². The van der Waals surface area contributed by atoms with E-state index in [1.807, 2.05) is 53.9 Å². The topological polar surface area (TPSA) is 79.5 Å². The number of aromatic nitrogens is 3. The number of imidazole rings is 1. The largest absolute Gasteiger partial charge is 0.393 e. The molecule has 6 heteroatoms. The molecule has 0 aromatic carbocycles. The van der Waals surface area contributed by atoms with Crippen LogP contribution in [0.5, 0.6) is 0 Å². The summed E-state index contributed by atoms with van der Waals surface area (Å²) in [4.78, 5) is 21.7. The highest BCUT2D eigenvalue weighted by molar-refractivity contribution is 5.79. The van der Waals surface area contributed by atoms with Crippen molar-refractivity contribution in [3.63, 3.8) is 0 Å². The van der Waals surface area contributed by atoms with Crippen molar-refractivity contribution in [1.82, 2.24) is 19.7 Å². The fraction of sp³-hybridized carbons (Fsp3) is 0.350. The van der Waals surface area contributed by atoms with E-state index in [-0.39, 0.29) is 30.4 Å². The molecule has 1 saturated carbocycles. The van der Waals surface area contributed by atoms with Gasteiger partial charge in [0.15, 0.2) is 0 Å². The van der Waals surface area contributed by atoms with Crippen molar-refractivity contribution in [3.05, 3.63) is 65.9 Å². The SMILES string of the molecule is Cc1nc2ccccn2c1CC(=O)NC(c1ccccn1)C1CC(O)C1. The van der Waals surface area contributed by atoms with Crippen LogP contribution < -0.4 is 5.32 Å². The minimum absolute atomic E-state index is 0.0594. The Hall–Kier alpha value is -2.73. The molecule has 0 saturated heterocycles. The third-order valence-electron chi connectivity index (χ3n) is 5.10. The van der Waals surface area contributed by atoms with Gasteiger partial charge in [-0.2, -0.15) is 0 Å². The minimum atomic E-state index is -0.274. The number of nitrogens with zero attached hydrogens (tertiary/aromatic N) is 3. The lowest BCUT2D eigenvalue weighted by Crippen LogP contribution is -2.42. The van der Waals surface area contributed by atoms with Crippen molar-refractivity contribution < 1.29 is 9.90 Å². The first kappa shape index (κ1) is 16.7. The van der Waals surface area contributed by atoms with Crippen LogP contribution in [-0.4, -0.2) is 31.5 Å². The summed E-state index contributed by atoms with van der Waals surface area (Å²) in [5.74, 6) is 0.155. The molecule has 0 bridgehead atoms. The molecular weight excluding hydrogens is 328 g/mol. The van der Waals surface area contributed by atoms with Crippen LogP contribution in [0.4, 0.5) is 0 Å². The van der Waals surface area contributed by atoms with E-state index in [1.165, 1.54) is 0 Å².